The lowest BCUT2D eigenvalue weighted by Gasteiger charge is -2.10. The molecule has 19 heavy (non-hydrogen) atoms. The molecule has 1 N–H and O–H groups in total. The molecule has 0 saturated heterocycles. The third-order valence-electron chi connectivity index (χ3n) is 3.06. The Morgan fingerprint density at radius 3 is 1.63 bits per heavy atom. The molecule has 0 bridgehead atoms. The smallest absolute Gasteiger partial charge is 0.122 e. The second-order valence-electron chi connectivity index (χ2n) is 4.58. The Morgan fingerprint density at radius 2 is 1.21 bits per heavy atom. The first-order valence-electron chi connectivity index (χ1n) is 6.90. The zero-order valence-electron chi connectivity index (χ0n) is 12.2. The minimum Gasteiger partial charge on any atom is -0.507 e. The maximum Gasteiger partial charge on any atom is 0.122 e. The molecule has 0 radical (unpaired) electrons. The highest BCUT2D eigenvalue weighted by molar-refractivity contribution is 5.46. The summed E-state index contributed by atoms with van der Waals surface area (Å²) in [5.74, 6) is 0.445. The molecule has 0 fully saturated rings. The third kappa shape index (κ3) is 4.78. The van der Waals surface area contributed by atoms with Crippen LogP contribution in [-0.2, 0) is 19.3 Å². The van der Waals surface area contributed by atoms with E-state index in [1.54, 1.807) is 0 Å². The molecule has 0 unspecified atom stereocenters. The van der Waals surface area contributed by atoms with Crippen molar-refractivity contribution in [1.82, 2.24) is 0 Å². The quantitative estimate of drug-likeness (QED) is 0.728. The molecule has 102 valence electrons. The van der Waals surface area contributed by atoms with E-state index in [0.717, 1.165) is 30.4 Å². The lowest BCUT2D eigenvalue weighted by Crippen LogP contribution is -1.94. The molecule has 1 rings (SSSR count). The van der Waals surface area contributed by atoms with Gasteiger partial charge in [0.2, 0.25) is 0 Å². The lowest BCUT2D eigenvalue weighted by atomic mass is 9.98. The molecule has 0 spiro atoms. The van der Waals surface area contributed by atoms with Crippen LogP contribution in [0.4, 0.5) is 0 Å². The molecule has 0 aliphatic carbocycles. The van der Waals surface area contributed by atoms with Crippen LogP contribution in [0.2, 0.25) is 0 Å². The Morgan fingerprint density at radius 1 is 0.789 bits per heavy atom. The molecule has 1 aromatic carbocycles. The summed E-state index contributed by atoms with van der Waals surface area (Å²) in [6.45, 7) is 6.03. The van der Waals surface area contributed by atoms with Crippen molar-refractivity contribution in [2.24, 2.45) is 0 Å². The van der Waals surface area contributed by atoms with E-state index in [2.05, 4.69) is 36.4 Å². The maximum absolute atomic E-state index is 10.3. The second kappa shape index (κ2) is 8.36. The first-order valence-corrected chi connectivity index (χ1v) is 6.90. The third-order valence-corrected chi connectivity index (χ3v) is 3.06. The van der Waals surface area contributed by atoms with Crippen LogP contribution in [0.5, 0.6) is 5.75 Å². The first-order chi connectivity index (χ1) is 9.22. The number of aromatic hydroxyl groups is 1. The fraction of sp³-hybridized carbons (Fsp3) is 0.333. The van der Waals surface area contributed by atoms with Gasteiger partial charge in [0.05, 0.1) is 0 Å². The number of phenolic OH excluding ortho intramolecular Hbond substituents is 1. The summed E-state index contributed by atoms with van der Waals surface area (Å²) in [7, 11) is 0. The molecule has 1 aromatic rings. The maximum atomic E-state index is 10.3. The Balaban J connectivity index is 3.12. The molecule has 0 aliphatic rings. The Labute approximate surface area is 117 Å². The van der Waals surface area contributed by atoms with Gasteiger partial charge in [-0.1, -0.05) is 48.6 Å². The van der Waals surface area contributed by atoms with E-state index in [-0.39, 0.29) is 0 Å². The summed E-state index contributed by atoms with van der Waals surface area (Å²) in [5, 5.41) is 10.3. The van der Waals surface area contributed by atoms with E-state index < -0.39 is 0 Å². The van der Waals surface area contributed by atoms with Crippen LogP contribution < -0.4 is 0 Å². The number of hydrogen-bond acceptors (Lipinski definition) is 1. The van der Waals surface area contributed by atoms with Gasteiger partial charge in [-0.05, 0) is 56.7 Å². The molecule has 0 aromatic heterocycles. The van der Waals surface area contributed by atoms with Crippen molar-refractivity contribution < 1.29 is 5.11 Å². The van der Waals surface area contributed by atoms with E-state index in [1.807, 2.05) is 32.9 Å². The van der Waals surface area contributed by atoms with E-state index in [4.69, 9.17) is 0 Å². The predicted octanol–water partition coefficient (Wildman–Crippen LogP) is 4.75. The van der Waals surface area contributed by atoms with Crippen molar-refractivity contribution in [3.8, 4) is 5.75 Å². The van der Waals surface area contributed by atoms with E-state index in [1.165, 1.54) is 5.56 Å². The van der Waals surface area contributed by atoms with Gasteiger partial charge in [0, 0.05) is 0 Å². The fourth-order valence-corrected chi connectivity index (χ4v) is 2.00. The summed E-state index contributed by atoms with van der Waals surface area (Å²) in [5.41, 5.74) is 3.29. The molecule has 0 aliphatic heterocycles. The van der Waals surface area contributed by atoms with Crippen molar-refractivity contribution in [2.75, 3.05) is 0 Å². The summed E-state index contributed by atoms with van der Waals surface area (Å²) in [6, 6.07) is 4.21. The van der Waals surface area contributed by atoms with E-state index in [9.17, 15) is 5.11 Å². The topological polar surface area (TPSA) is 20.2 Å². The molecule has 1 nitrogen and oxygen atoms in total. The summed E-state index contributed by atoms with van der Waals surface area (Å²) in [4.78, 5) is 0. The predicted molar refractivity (Wildman–Crippen MR) is 83.7 cm³/mol. The molecular formula is C18H24O. The van der Waals surface area contributed by atoms with Crippen LogP contribution in [0.1, 0.15) is 37.5 Å². The van der Waals surface area contributed by atoms with Crippen LogP contribution in [0, 0.1) is 0 Å². The summed E-state index contributed by atoms with van der Waals surface area (Å²) < 4.78 is 0. The average molecular weight is 256 g/mol. The monoisotopic (exact) mass is 256 g/mol. The largest absolute Gasteiger partial charge is 0.507 e. The standard InChI is InChI=1S/C18H24O/c1-4-7-10-15-13-16(11-8-5-2)18(19)17(14-15)12-9-6-3/h4-9,13-14,19H,10-12H2,1-3H3/b7-4+,8-5+,9-6+. The van der Waals surface area contributed by atoms with Gasteiger partial charge < -0.3 is 5.11 Å². The van der Waals surface area contributed by atoms with Gasteiger partial charge in [-0.2, -0.15) is 0 Å². The van der Waals surface area contributed by atoms with Crippen molar-refractivity contribution in [3.63, 3.8) is 0 Å². The minimum absolute atomic E-state index is 0.445. The van der Waals surface area contributed by atoms with Gasteiger partial charge in [-0.25, -0.2) is 0 Å². The van der Waals surface area contributed by atoms with Crippen LogP contribution in [-0.4, -0.2) is 5.11 Å². The average Bonchev–Trinajstić information content (AvgIpc) is 2.43. The van der Waals surface area contributed by atoms with Gasteiger partial charge in [-0.3, -0.25) is 0 Å². The molecule has 1 heteroatoms. The van der Waals surface area contributed by atoms with Crippen molar-refractivity contribution in [1.29, 1.82) is 0 Å². The number of benzene rings is 1. The highest BCUT2D eigenvalue weighted by Crippen LogP contribution is 2.27. The van der Waals surface area contributed by atoms with Crippen LogP contribution >= 0.6 is 0 Å². The fourth-order valence-electron chi connectivity index (χ4n) is 2.00. The summed E-state index contributed by atoms with van der Waals surface area (Å²) >= 11 is 0. The SMILES string of the molecule is C/C=C/Cc1cc(C/C=C/C)c(O)c(C/C=C/C)c1. The Bertz CT molecular complexity index is 443. The lowest BCUT2D eigenvalue weighted by molar-refractivity contribution is 0.464. The van der Waals surface area contributed by atoms with E-state index >= 15 is 0 Å². The van der Waals surface area contributed by atoms with Crippen LogP contribution in [0.25, 0.3) is 0 Å². The molecule has 0 atom stereocenters. The van der Waals surface area contributed by atoms with Crippen molar-refractivity contribution in [3.05, 3.63) is 65.3 Å². The Kier molecular flexibility index (Phi) is 6.73. The van der Waals surface area contributed by atoms with Crippen LogP contribution in [0.3, 0.4) is 0 Å². The van der Waals surface area contributed by atoms with Gasteiger partial charge in [0.1, 0.15) is 5.75 Å². The normalized spacial score (nSPS) is 12.2. The molecule has 0 amide bonds. The number of rotatable bonds is 6. The van der Waals surface area contributed by atoms with E-state index in [0.29, 0.717) is 5.75 Å². The number of allylic oxidation sites excluding steroid dienone is 6. The first kappa shape index (κ1) is 15.3. The van der Waals surface area contributed by atoms with Crippen molar-refractivity contribution in [2.45, 2.75) is 40.0 Å². The molecule has 0 heterocycles. The van der Waals surface area contributed by atoms with Gasteiger partial charge in [0.25, 0.3) is 0 Å². The highest BCUT2D eigenvalue weighted by Gasteiger charge is 2.07. The van der Waals surface area contributed by atoms with Crippen LogP contribution in [0.15, 0.2) is 48.6 Å². The summed E-state index contributed by atoms with van der Waals surface area (Å²) in [6.07, 6.45) is 14.9. The van der Waals surface area contributed by atoms with Crippen molar-refractivity contribution >= 4 is 0 Å². The van der Waals surface area contributed by atoms with Gasteiger partial charge in [0.15, 0.2) is 0 Å². The zero-order valence-corrected chi connectivity index (χ0v) is 12.2. The number of phenols is 1. The second-order valence-corrected chi connectivity index (χ2v) is 4.58. The molecular weight excluding hydrogens is 232 g/mol. The Hall–Kier alpha value is -1.76. The van der Waals surface area contributed by atoms with Gasteiger partial charge in [-0.15, -0.1) is 0 Å². The zero-order chi connectivity index (χ0) is 14.1. The number of hydrogen-bond donors (Lipinski definition) is 1. The van der Waals surface area contributed by atoms with Gasteiger partial charge >= 0.3 is 0 Å². The minimum atomic E-state index is 0.445. The highest BCUT2D eigenvalue weighted by atomic mass is 16.3. The molecule has 0 saturated carbocycles.